The Balaban J connectivity index is 1.42. The van der Waals surface area contributed by atoms with Gasteiger partial charge in [-0.2, -0.15) is 0 Å². The minimum absolute atomic E-state index is 0.0118. The maximum absolute atomic E-state index is 13.7. The fourth-order valence-corrected chi connectivity index (χ4v) is 5.42. The Morgan fingerprint density at radius 1 is 0.919 bits per heavy atom. The topological polar surface area (TPSA) is 64.6 Å². The maximum Gasteiger partial charge on any atom is 0.336 e. The maximum atomic E-state index is 13.7. The standard InChI is InChI=1S/C31H28ClNO4/c1-20-28(31(35)37-17-16-36-23-12-6-3-7-13-23)29(24-14-8-9-15-25(24)32)30-26(33-20)18-22(19-27(30)34)21-10-4-2-5-11-21/h2-15,22,29,33H,16-19H2,1H3/t22-,29+/m0/s1. The van der Waals surface area contributed by atoms with Gasteiger partial charge in [-0.15, -0.1) is 0 Å². The lowest BCUT2D eigenvalue weighted by atomic mass is 9.71. The Labute approximate surface area is 221 Å². The molecule has 1 aliphatic heterocycles. The van der Waals surface area contributed by atoms with E-state index in [1.807, 2.05) is 73.7 Å². The molecule has 0 radical (unpaired) electrons. The molecular formula is C31H28ClNO4. The summed E-state index contributed by atoms with van der Waals surface area (Å²) in [6, 6.07) is 26.8. The van der Waals surface area contributed by atoms with Gasteiger partial charge < -0.3 is 14.8 Å². The van der Waals surface area contributed by atoms with Crippen LogP contribution in [0.2, 0.25) is 5.02 Å². The number of ether oxygens (including phenoxy) is 2. The van der Waals surface area contributed by atoms with E-state index in [9.17, 15) is 9.59 Å². The molecular weight excluding hydrogens is 486 g/mol. The third kappa shape index (κ3) is 5.32. The average Bonchev–Trinajstić information content (AvgIpc) is 2.91. The van der Waals surface area contributed by atoms with Crippen LogP contribution in [-0.4, -0.2) is 25.0 Å². The van der Waals surface area contributed by atoms with Crippen molar-refractivity contribution >= 4 is 23.4 Å². The zero-order chi connectivity index (χ0) is 25.8. The van der Waals surface area contributed by atoms with Gasteiger partial charge in [0.05, 0.1) is 5.57 Å². The summed E-state index contributed by atoms with van der Waals surface area (Å²) in [5, 5.41) is 3.88. The van der Waals surface area contributed by atoms with E-state index in [-0.39, 0.29) is 24.9 Å². The monoisotopic (exact) mass is 513 g/mol. The molecule has 0 amide bonds. The Morgan fingerprint density at radius 2 is 1.59 bits per heavy atom. The van der Waals surface area contributed by atoms with Crippen molar-refractivity contribution in [2.75, 3.05) is 13.2 Å². The quantitative estimate of drug-likeness (QED) is 0.295. The number of hydrogen-bond donors (Lipinski definition) is 1. The number of allylic oxidation sites excluding steroid dienone is 3. The first kappa shape index (κ1) is 24.8. The van der Waals surface area contributed by atoms with Crippen molar-refractivity contribution in [2.24, 2.45) is 0 Å². The highest BCUT2D eigenvalue weighted by atomic mass is 35.5. The molecule has 0 spiro atoms. The van der Waals surface area contributed by atoms with Crippen LogP contribution in [0, 0.1) is 0 Å². The van der Waals surface area contributed by atoms with Gasteiger partial charge in [0.2, 0.25) is 0 Å². The van der Waals surface area contributed by atoms with Crippen molar-refractivity contribution in [3.63, 3.8) is 0 Å². The second kappa shape index (κ2) is 11.1. The fraction of sp³-hybridized carbons (Fsp3) is 0.226. The van der Waals surface area contributed by atoms with Crippen LogP contribution in [0.25, 0.3) is 0 Å². The Morgan fingerprint density at radius 3 is 2.32 bits per heavy atom. The smallest absolute Gasteiger partial charge is 0.336 e. The number of benzene rings is 3. The van der Waals surface area contributed by atoms with Crippen LogP contribution in [-0.2, 0) is 14.3 Å². The van der Waals surface area contributed by atoms with Crippen molar-refractivity contribution in [3.8, 4) is 5.75 Å². The van der Waals surface area contributed by atoms with Crippen molar-refractivity contribution in [1.29, 1.82) is 0 Å². The molecule has 5 nitrogen and oxygen atoms in total. The molecule has 37 heavy (non-hydrogen) atoms. The van der Waals surface area contributed by atoms with E-state index in [2.05, 4.69) is 17.4 Å². The van der Waals surface area contributed by atoms with Gasteiger partial charge in [0.25, 0.3) is 0 Å². The van der Waals surface area contributed by atoms with Gasteiger partial charge >= 0.3 is 5.97 Å². The summed E-state index contributed by atoms with van der Waals surface area (Å²) in [4.78, 5) is 27.1. The van der Waals surface area contributed by atoms with Crippen LogP contribution in [0.1, 0.15) is 42.7 Å². The summed E-state index contributed by atoms with van der Waals surface area (Å²) in [5.74, 6) is -0.299. The number of nitrogens with one attached hydrogen (secondary N) is 1. The lowest BCUT2D eigenvalue weighted by Crippen LogP contribution is -2.36. The lowest BCUT2D eigenvalue weighted by molar-refractivity contribution is -0.140. The van der Waals surface area contributed by atoms with Crippen LogP contribution in [0.3, 0.4) is 0 Å². The fourth-order valence-electron chi connectivity index (χ4n) is 5.18. The van der Waals surface area contributed by atoms with E-state index in [1.54, 1.807) is 6.07 Å². The first-order valence-corrected chi connectivity index (χ1v) is 12.8. The molecule has 0 unspecified atom stereocenters. The van der Waals surface area contributed by atoms with Gasteiger partial charge in [0.15, 0.2) is 5.78 Å². The summed E-state index contributed by atoms with van der Waals surface area (Å²) < 4.78 is 11.3. The second-order valence-corrected chi connectivity index (χ2v) is 9.65. The molecule has 3 aromatic carbocycles. The Hall–Kier alpha value is -3.83. The van der Waals surface area contributed by atoms with Crippen LogP contribution in [0.4, 0.5) is 0 Å². The predicted octanol–water partition coefficient (Wildman–Crippen LogP) is 6.32. The Kier molecular flexibility index (Phi) is 7.42. The van der Waals surface area contributed by atoms with Gasteiger partial charge in [-0.1, -0.05) is 78.3 Å². The van der Waals surface area contributed by atoms with E-state index in [0.29, 0.717) is 40.5 Å². The number of halogens is 1. The number of rotatable bonds is 7. The minimum atomic E-state index is -0.600. The summed E-state index contributed by atoms with van der Waals surface area (Å²) in [6.45, 7) is 2.15. The molecule has 1 heterocycles. The van der Waals surface area contributed by atoms with Crippen LogP contribution in [0.5, 0.6) is 5.75 Å². The van der Waals surface area contributed by atoms with Crippen molar-refractivity contribution < 1.29 is 19.1 Å². The minimum Gasteiger partial charge on any atom is -0.490 e. The number of ketones is 1. The number of carbonyl (C=O) groups excluding carboxylic acids is 2. The van der Waals surface area contributed by atoms with E-state index in [4.69, 9.17) is 21.1 Å². The molecule has 0 saturated heterocycles. The molecule has 0 bridgehead atoms. The number of dihydropyridines is 1. The normalized spacial score (nSPS) is 19.2. The largest absolute Gasteiger partial charge is 0.490 e. The van der Waals surface area contributed by atoms with Crippen molar-refractivity contribution in [2.45, 2.75) is 31.6 Å². The van der Waals surface area contributed by atoms with E-state index >= 15 is 0 Å². The zero-order valence-electron chi connectivity index (χ0n) is 20.6. The van der Waals surface area contributed by atoms with Crippen LogP contribution >= 0.6 is 11.6 Å². The second-order valence-electron chi connectivity index (χ2n) is 9.25. The molecule has 2 atom stereocenters. The summed E-state index contributed by atoms with van der Waals surface area (Å²) in [5.41, 5.74) is 4.35. The molecule has 3 aromatic rings. The van der Waals surface area contributed by atoms with Gasteiger partial charge in [-0.25, -0.2) is 4.79 Å². The third-order valence-electron chi connectivity index (χ3n) is 6.86. The lowest BCUT2D eigenvalue weighted by Gasteiger charge is -2.37. The zero-order valence-corrected chi connectivity index (χ0v) is 21.3. The number of esters is 1. The molecule has 0 aromatic heterocycles. The van der Waals surface area contributed by atoms with Gasteiger partial charge in [-0.05, 0) is 48.6 Å². The highest BCUT2D eigenvalue weighted by molar-refractivity contribution is 6.31. The number of hydrogen-bond acceptors (Lipinski definition) is 5. The first-order chi connectivity index (χ1) is 18.0. The summed E-state index contributed by atoms with van der Waals surface area (Å²) in [7, 11) is 0. The highest BCUT2D eigenvalue weighted by Gasteiger charge is 2.42. The molecule has 1 aliphatic carbocycles. The molecule has 2 aliphatic rings. The van der Waals surface area contributed by atoms with Gasteiger partial charge in [0.1, 0.15) is 19.0 Å². The first-order valence-electron chi connectivity index (χ1n) is 12.4. The molecule has 188 valence electrons. The predicted molar refractivity (Wildman–Crippen MR) is 143 cm³/mol. The van der Waals surface area contributed by atoms with Crippen LogP contribution in [0.15, 0.2) is 107 Å². The van der Waals surface area contributed by atoms with Gasteiger partial charge in [-0.3, -0.25) is 4.79 Å². The Bertz CT molecular complexity index is 1360. The molecule has 0 saturated carbocycles. The third-order valence-corrected chi connectivity index (χ3v) is 7.21. The van der Waals surface area contributed by atoms with E-state index < -0.39 is 11.9 Å². The van der Waals surface area contributed by atoms with E-state index in [0.717, 1.165) is 16.8 Å². The molecule has 1 N–H and O–H groups in total. The van der Waals surface area contributed by atoms with Crippen molar-refractivity contribution in [3.05, 3.63) is 124 Å². The highest BCUT2D eigenvalue weighted by Crippen LogP contribution is 2.47. The van der Waals surface area contributed by atoms with E-state index in [1.165, 1.54) is 0 Å². The van der Waals surface area contributed by atoms with Gasteiger partial charge in [0, 0.05) is 34.3 Å². The number of carbonyl (C=O) groups is 2. The molecule has 5 rings (SSSR count). The molecule has 6 heteroatoms. The molecule has 0 fully saturated rings. The average molecular weight is 514 g/mol. The SMILES string of the molecule is CC1=C(C(=O)OCCOc2ccccc2)[C@@H](c2ccccc2Cl)C2=C(C[C@H](c3ccccc3)CC2=O)N1. The summed E-state index contributed by atoms with van der Waals surface area (Å²) >= 11 is 6.62. The summed E-state index contributed by atoms with van der Waals surface area (Å²) in [6.07, 6.45) is 1.05. The number of Topliss-reactive ketones (excluding diaryl/α,β-unsaturated/α-hetero) is 1. The van der Waals surface area contributed by atoms with Crippen molar-refractivity contribution in [1.82, 2.24) is 5.32 Å². The van der Waals surface area contributed by atoms with Crippen LogP contribution < -0.4 is 10.1 Å². The number of para-hydroxylation sites is 1.